The van der Waals surface area contributed by atoms with Gasteiger partial charge in [0.05, 0.1) is 12.3 Å². The molecule has 1 saturated carbocycles. The minimum absolute atomic E-state index is 0.0720. The topological polar surface area (TPSA) is 47.8 Å². The molecule has 4 nitrogen and oxygen atoms in total. The molecule has 5 rings (SSSR count). The summed E-state index contributed by atoms with van der Waals surface area (Å²) >= 11 is 1.39. The molecule has 0 N–H and O–H groups in total. The number of nitrogens with zero attached hydrogens (tertiary/aromatic N) is 3. The molecule has 1 aliphatic rings. The Morgan fingerprint density at radius 1 is 0.886 bits per heavy atom. The van der Waals surface area contributed by atoms with Crippen molar-refractivity contribution in [3.05, 3.63) is 101 Å². The van der Waals surface area contributed by atoms with Crippen LogP contribution in [0.15, 0.2) is 84.0 Å². The molecule has 1 aromatic heterocycles. The van der Waals surface area contributed by atoms with Crippen molar-refractivity contribution in [3.63, 3.8) is 0 Å². The number of aromatic nitrogens is 3. The second kappa shape index (κ2) is 11.0. The third kappa shape index (κ3) is 5.70. The van der Waals surface area contributed by atoms with E-state index in [-0.39, 0.29) is 17.4 Å². The van der Waals surface area contributed by atoms with Gasteiger partial charge < -0.3 is 0 Å². The zero-order valence-corrected chi connectivity index (χ0v) is 20.4. The Morgan fingerprint density at radius 2 is 1.60 bits per heavy atom. The standard InChI is InChI=1S/C29H28FN3OS/c30-26-17-15-25(16-18-26)28-31-32-29(33(28)19-21-7-3-1-4-8-21)35-20-27(34)24-13-11-23(12-14-24)22-9-5-2-6-10-22/h1,3-4,7-8,11-18,22H,2,5-6,9-10,19-20H2. The number of ketones is 1. The molecule has 0 atom stereocenters. The molecule has 0 spiro atoms. The monoisotopic (exact) mass is 485 g/mol. The number of hydrogen-bond donors (Lipinski definition) is 0. The third-order valence-corrected chi connectivity index (χ3v) is 7.61. The largest absolute Gasteiger partial charge is 0.298 e. The molecule has 0 amide bonds. The number of hydrogen-bond acceptors (Lipinski definition) is 4. The number of carbonyl (C=O) groups excluding carboxylic acids is 1. The van der Waals surface area contributed by atoms with Gasteiger partial charge in [-0.25, -0.2) is 4.39 Å². The Labute approximate surface area is 209 Å². The van der Waals surface area contributed by atoms with Crippen LogP contribution in [0.4, 0.5) is 4.39 Å². The molecule has 35 heavy (non-hydrogen) atoms. The van der Waals surface area contributed by atoms with E-state index in [0.29, 0.717) is 23.4 Å². The quantitative estimate of drug-likeness (QED) is 0.196. The first-order valence-corrected chi connectivity index (χ1v) is 13.1. The molecule has 0 aliphatic heterocycles. The Hall–Kier alpha value is -3.25. The number of benzene rings is 3. The maximum atomic E-state index is 13.5. The Bertz CT molecular complexity index is 1260. The molecule has 6 heteroatoms. The fourth-order valence-corrected chi connectivity index (χ4v) is 5.54. The minimum Gasteiger partial charge on any atom is -0.298 e. The molecule has 0 radical (unpaired) electrons. The number of halogens is 1. The second-order valence-corrected chi connectivity index (χ2v) is 10.00. The first-order chi connectivity index (χ1) is 17.2. The van der Waals surface area contributed by atoms with Crippen molar-refractivity contribution in [2.45, 2.75) is 49.7 Å². The zero-order valence-electron chi connectivity index (χ0n) is 19.6. The average Bonchev–Trinajstić information content (AvgIpc) is 3.31. The van der Waals surface area contributed by atoms with Gasteiger partial charge in [0.1, 0.15) is 5.82 Å². The minimum atomic E-state index is -0.294. The maximum Gasteiger partial charge on any atom is 0.192 e. The molecular formula is C29H28FN3OS. The summed E-state index contributed by atoms with van der Waals surface area (Å²) in [5.41, 5.74) is 3.96. The van der Waals surface area contributed by atoms with Gasteiger partial charge in [-0.2, -0.15) is 0 Å². The first kappa shape index (κ1) is 23.5. The predicted molar refractivity (Wildman–Crippen MR) is 138 cm³/mol. The number of carbonyl (C=O) groups is 1. The molecule has 4 aromatic rings. The van der Waals surface area contributed by atoms with Crippen molar-refractivity contribution >= 4 is 17.5 Å². The predicted octanol–water partition coefficient (Wildman–Crippen LogP) is 7.16. The highest BCUT2D eigenvalue weighted by Gasteiger charge is 2.18. The van der Waals surface area contributed by atoms with E-state index in [1.165, 1.54) is 61.6 Å². The van der Waals surface area contributed by atoms with Gasteiger partial charge >= 0.3 is 0 Å². The van der Waals surface area contributed by atoms with E-state index in [0.717, 1.165) is 16.7 Å². The van der Waals surface area contributed by atoms with Gasteiger partial charge in [0, 0.05) is 11.1 Å². The summed E-state index contributed by atoms with van der Waals surface area (Å²) in [5, 5.41) is 9.43. The summed E-state index contributed by atoms with van der Waals surface area (Å²) in [4.78, 5) is 13.0. The van der Waals surface area contributed by atoms with Crippen LogP contribution in [0.5, 0.6) is 0 Å². The molecule has 0 unspecified atom stereocenters. The van der Waals surface area contributed by atoms with Crippen molar-refractivity contribution in [2.75, 3.05) is 5.75 Å². The molecule has 0 bridgehead atoms. The number of rotatable bonds is 8. The van der Waals surface area contributed by atoms with Crippen LogP contribution in [-0.4, -0.2) is 26.3 Å². The Kier molecular flexibility index (Phi) is 7.38. The lowest BCUT2D eigenvalue weighted by molar-refractivity contribution is 0.102. The average molecular weight is 486 g/mol. The SMILES string of the molecule is O=C(CSc1nnc(-c2ccc(F)cc2)n1Cc1ccccc1)c1ccc(C2CCCCC2)cc1. The van der Waals surface area contributed by atoms with E-state index in [4.69, 9.17) is 0 Å². The summed E-state index contributed by atoms with van der Waals surface area (Å²) in [6, 6.07) is 24.5. The van der Waals surface area contributed by atoms with Crippen LogP contribution in [0.25, 0.3) is 11.4 Å². The van der Waals surface area contributed by atoms with Gasteiger partial charge in [-0.15, -0.1) is 10.2 Å². The van der Waals surface area contributed by atoms with Gasteiger partial charge in [0.15, 0.2) is 16.8 Å². The highest BCUT2D eigenvalue weighted by atomic mass is 32.2. The van der Waals surface area contributed by atoms with Crippen LogP contribution in [0.3, 0.4) is 0 Å². The Balaban J connectivity index is 1.32. The van der Waals surface area contributed by atoms with Crippen molar-refractivity contribution < 1.29 is 9.18 Å². The van der Waals surface area contributed by atoms with Gasteiger partial charge in [-0.05, 0) is 54.2 Å². The third-order valence-electron chi connectivity index (χ3n) is 6.64. The van der Waals surface area contributed by atoms with E-state index in [2.05, 4.69) is 22.3 Å². The van der Waals surface area contributed by atoms with E-state index >= 15 is 0 Å². The molecule has 1 aliphatic carbocycles. The van der Waals surface area contributed by atoms with Crippen LogP contribution in [0.1, 0.15) is 59.5 Å². The molecule has 178 valence electrons. The fraction of sp³-hybridized carbons (Fsp3) is 0.276. The summed E-state index contributed by atoms with van der Waals surface area (Å²) in [5.74, 6) is 1.34. The highest BCUT2D eigenvalue weighted by molar-refractivity contribution is 7.99. The van der Waals surface area contributed by atoms with Gasteiger partial charge in [-0.3, -0.25) is 9.36 Å². The van der Waals surface area contributed by atoms with Crippen molar-refractivity contribution in [3.8, 4) is 11.4 Å². The zero-order chi connectivity index (χ0) is 24.0. The van der Waals surface area contributed by atoms with Crippen molar-refractivity contribution in [1.82, 2.24) is 14.8 Å². The van der Waals surface area contributed by atoms with Gasteiger partial charge in [-0.1, -0.05) is 85.6 Å². The van der Waals surface area contributed by atoms with Crippen molar-refractivity contribution in [1.29, 1.82) is 0 Å². The summed E-state index contributed by atoms with van der Waals surface area (Å²) in [6.07, 6.45) is 6.42. The lowest BCUT2D eigenvalue weighted by Crippen LogP contribution is -2.08. The van der Waals surface area contributed by atoms with Crippen LogP contribution in [0.2, 0.25) is 0 Å². The molecule has 3 aromatic carbocycles. The van der Waals surface area contributed by atoms with Gasteiger partial charge in [0.25, 0.3) is 0 Å². The summed E-state index contributed by atoms with van der Waals surface area (Å²) in [7, 11) is 0. The van der Waals surface area contributed by atoms with E-state index in [9.17, 15) is 9.18 Å². The number of thioether (sulfide) groups is 1. The summed E-state index contributed by atoms with van der Waals surface area (Å²) < 4.78 is 15.5. The maximum absolute atomic E-state index is 13.5. The Morgan fingerprint density at radius 3 is 2.31 bits per heavy atom. The van der Waals surface area contributed by atoms with Crippen LogP contribution < -0.4 is 0 Å². The van der Waals surface area contributed by atoms with Crippen LogP contribution in [-0.2, 0) is 6.54 Å². The lowest BCUT2D eigenvalue weighted by Gasteiger charge is -2.22. The normalized spacial score (nSPS) is 14.2. The second-order valence-electron chi connectivity index (χ2n) is 9.05. The number of Topliss-reactive ketones (excluding diaryl/α,β-unsaturated/α-hetero) is 1. The molecule has 1 fully saturated rings. The first-order valence-electron chi connectivity index (χ1n) is 12.2. The van der Waals surface area contributed by atoms with E-state index in [1.807, 2.05) is 47.0 Å². The van der Waals surface area contributed by atoms with Crippen molar-refractivity contribution in [2.24, 2.45) is 0 Å². The van der Waals surface area contributed by atoms with E-state index in [1.54, 1.807) is 12.1 Å². The molecule has 0 saturated heterocycles. The fourth-order valence-electron chi connectivity index (χ4n) is 4.71. The van der Waals surface area contributed by atoms with Crippen LogP contribution >= 0.6 is 11.8 Å². The van der Waals surface area contributed by atoms with Crippen LogP contribution in [0, 0.1) is 5.82 Å². The van der Waals surface area contributed by atoms with Gasteiger partial charge in [0.2, 0.25) is 0 Å². The lowest BCUT2D eigenvalue weighted by atomic mass is 9.84. The smallest absolute Gasteiger partial charge is 0.192 e. The molecule has 1 heterocycles. The highest BCUT2D eigenvalue weighted by Crippen LogP contribution is 2.33. The molecular weight excluding hydrogens is 457 g/mol. The van der Waals surface area contributed by atoms with E-state index < -0.39 is 0 Å². The summed E-state index contributed by atoms with van der Waals surface area (Å²) in [6.45, 7) is 0.563.